The molecule has 0 aromatic rings. The summed E-state index contributed by atoms with van der Waals surface area (Å²) in [5.74, 6) is 0. The van der Waals surface area contributed by atoms with Gasteiger partial charge in [0.05, 0.1) is 0 Å². The lowest BCUT2D eigenvalue weighted by Gasteiger charge is -2.43. The van der Waals surface area contributed by atoms with E-state index in [1.165, 1.54) is 25.9 Å². The molecular formula is C14H29N3. The van der Waals surface area contributed by atoms with Crippen molar-refractivity contribution in [2.24, 2.45) is 5.73 Å². The summed E-state index contributed by atoms with van der Waals surface area (Å²) >= 11 is 0. The van der Waals surface area contributed by atoms with Crippen molar-refractivity contribution in [3.63, 3.8) is 0 Å². The Morgan fingerprint density at radius 2 is 2.00 bits per heavy atom. The molecule has 0 bridgehead atoms. The Morgan fingerprint density at radius 3 is 2.47 bits per heavy atom. The SMILES string of the molecule is C/C=C/CCNC1(CN)CCN(C(C)C)CC1. The molecule has 0 amide bonds. The van der Waals surface area contributed by atoms with Gasteiger partial charge in [0, 0.05) is 31.2 Å². The van der Waals surface area contributed by atoms with Crippen molar-refractivity contribution in [1.82, 2.24) is 10.2 Å². The molecule has 17 heavy (non-hydrogen) atoms. The lowest BCUT2D eigenvalue weighted by Crippen LogP contribution is -2.58. The van der Waals surface area contributed by atoms with Crippen molar-refractivity contribution in [1.29, 1.82) is 0 Å². The fourth-order valence-corrected chi connectivity index (χ4v) is 2.51. The lowest BCUT2D eigenvalue weighted by molar-refractivity contribution is 0.114. The molecule has 3 N–H and O–H groups in total. The molecule has 3 nitrogen and oxygen atoms in total. The highest BCUT2D eigenvalue weighted by atomic mass is 15.2. The van der Waals surface area contributed by atoms with Gasteiger partial charge < -0.3 is 16.0 Å². The molecule has 0 aromatic heterocycles. The molecule has 0 aliphatic carbocycles. The van der Waals surface area contributed by atoms with E-state index in [4.69, 9.17) is 5.73 Å². The van der Waals surface area contributed by atoms with Crippen LogP contribution in [-0.2, 0) is 0 Å². The standard InChI is InChI=1S/C14H29N3/c1-4-5-6-9-16-14(12-15)7-10-17(11-8-14)13(2)3/h4-5,13,16H,6-12,15H2,1-3H3/b5-4+. The minimum absolute atomic E-state index is 0.187. The van der Waals surface area contributed by atoms with Crippen LogP contribution in [-0.4, -0.2) is 42.7 Å². The maximum absolute atomic E-state index is 5.98. The van der Waals surface area contributed by atoms with E-state index < -0.39 is 0 Å². The molecule has 1 saturated heterocycles. The van der Waals surface area contributed by atoms with E-state index in [-0.39, 0.29) is 5.54 Å². The van der Waals surface area contributed by atoms with Crippen LogP contribution in [0.15, 0.2) is 12.2 Å². The van der Waals surface area contributed by atoms with Crippen LogP contribution < -0.4 is 11.1 Å². The fourth-order valence-electron chi connectivity index (χ4n) is 2.51. The maximum Gasteiger partial charge on any atom is 0.0328 e. The van der Waals surface area contributed by atoms with E-state index in [1.807, 2.05) is 0 Å². The van der Waals surface area contributed by atoms with E-state index in [1.54, 1.807) is 0 Å². The van der Waals surface area contributed by atoms with E-state index in [0.29, 0.717) is 6.04 Å². The zero-order valence-corrected chi connectivity index (χ0v) is 11.7. The number of nitrogens with two attached hydrogens (primary N) is 1. The number of allylic oxidation sites excluding steroid dienone is 1. The summed E-state index contributed by atoms with van der Waals surface area (Å²) in [7, 11) is 0. The second-order valence-corrected chi connectivity index (χ2v) is 5.40. The van der Waals surface area contributed by atoms with Crippen LogP contribution >= 0.6 is 0 Å². The molecule has 1 aliphatic rings. The molecule has 0 spiro atoms. The van der Waals surface area contributed by atoms with Crippen molar-refractivity contribution in [3.05, 3.63) is 12.2 Å². The largest absolute Gasteiger partial charge is 0.329 e. The Morgan fingerprint density at radius 1 is 1.35 bits per heavy atom. The molecule has 1 aliphatic heterocycles. The van der Waals surface area contributed by atoms with Gasteiger partial charge in [-0.05, 0) is 46.6 Å². The molecule has 0 radical (unpaired) electrons. The van der Waals surface area contributed by atoms with Gasteiger partial charge in [0.1, 0.15) is 0 Å². The minimum Gasteiger partial charge on any atom is -0.329 e. The van der Waals surface area contributed by atoms with Gasteiger partial charge in [-0.15, -0.1) is 0 Å². The maximum atomic E-state index is 5.98. The van der Waals surface area contributed by atoms with Gasteiger partial charge in [0.15, 0.2) is 0 Å². The molecule has 1 rings (SSSR count). The van der Waals surface area contributed by atoms with Gasteiger partial charge in [-0.3, -0.25) is 0 Å². The molecule has 0 unspecified atom stereocenters. The monoisotopic (exact) mass is 239 g/mol. The summed E-state index contributed by atoms with van der Waals surface area (Å²) in [4.78, 5) is 2.54. The first-order valence-corrected chi connectivity index (χ1v) is 6.94. The average Bonchev–Trinajstić information content (AvgIpc) is 2.35. The summed E-state index contributed by atoms with van der Waals surface area (Å²) in [6, 6.07) is 0.661. The molecule has 0 atom stereocenters. The summed E-state index contributed by atoms with van der Waals surface area (Å²) in [5.41, 5.74) is 6.16. The molecule has 100 valence electrons. The molecule has 0 saturated carbocycles. The fraction of sp³-hybridized carbons (Fsp3) is 0.857. The van der Waals surface area contributed by atoms with Crippen LogP contribution in [0.4, 0.5) is 0 Å². The van der Waals surface area contributed by atoms with Gasteiger partial charge in [0.25, 0.3) is 0 Å². The topological polar surface area (TPSA) is 41.3 Å². The zero-order chi connectivity index (χ0) is 12.7. The quantitative estimate of drug-likeness (QED) is 0.548. The first kappa shape index (κ1) is 14.7. The van der Waals surface area contributed by atoms with Crippen molar-refractivity contribution in [2.45, 2.75) is 51.6 Å². The van der Waals surface area contributed by atoms with Crippen molar-refractivity contribution < 1.29 is 0 Å². The van der Waals surface area contributed by atoms with E-state index in [0.717, 1.165) is 19.5 Å². The Kier molecular flexibility index (Phi) is 6.17. The predicted molar refractivity (Wildman–Crippen MR) is 75.2 cm³/mol. The summed E-state index contributed by atoms with van der Waals surface area (Å²) in [5, 5.41) is 3.68. The van der Waals surface area contributed by atoms with Crippen molar-refractivity contribution in [2.75, 3.05) is 26.2 Å². The Bertz CT molecular complexity index is 228. The third-order valence-corrected chi connectivity index (χ3v) is 3.92. The first-order valence-electron chi connectivity index (χ1n) is 6.94. The lowest BCUT2D eigenvalue weighted by atomic mass is 9.87. The summed E-state index contributed by atoms with van der Waals surface area (Å²) in [6.07, 6.45) is 7.78. The Hall–Kier alpha value is -0.380. The first-order chi connectivity index (χ1) is 8.13. The highest BCUT2D eigenvalue weighted by Crippen LogP contribution is 2.22. The highest BCUT2D eigenvalue weighted by molar-refractivity contribution is 4.95. The number of nitrogens with one attached hydrogen (secondary N) is 1. The zero-order valence-electron chi connectivity index (χ0n) is 11.7. The summed E-state index contributed by atoms with van der Waals surface area (Å²) < 4.78 is 0. The molecular weight excluding hydrogens is 210 g/mol. The second-order valence-electron chi connectivity index (χ2n) is 5.40. The van der Waals surface area contributed by atoms with Crippen LogP contribution in [0, 0.1) is 0 Å². The third kappa shape index (κ3) is 4.41. The van der Waals surface area contributed by atoms with Gasteiger partial charge in [0.2, 0.25) is 0 Å². The molecule has 0 aromatic carbocycles. The molecule has 1 heterocycles. The predicted octanol–water partition coefficient (Wildman–Crippen LogP) is 1.74. The Labute approximate surface area is 106 Å². The average molecular weight is 239 g/mol. The second kappa shape index (κ2) is 7.14. The Balaban J connectivity index is 2.38. The molecule has 1 fully saturated rings. The number of piperidine rings is 1. The van der Waals surface area contributed by atoms with Crippen molar-refractivity contribution in [3.8, 4) is 0 Å². The number of hydrogen-bond donors (Lipinski definition) is 2. The normalized spacial score (nSPS) is 21.5. The van der Waals surface area contributed by atoms with E-state index >= 15 is 0 Å². The van der Waals surface area contributed by atoms with E-state index in [2.05, 4.69) is 43.1 Å². The van der Waals surface area contributed by atoms with Gasteiger partial charge in [-0.25, -0.2) is 0 Å². The minimum atomic E-state index is 0.187. The number of nitrogens with zero attached hydrogens (tertiary/aromatic N) is 1. The van der Waals surface area contributed by atoms with Crippen LogP contribution in [0.1, 0.15) is 40.0 Å². The number of likely N-dealkylation sites (tertiary alicyclic amines) is 1. The van der Waals surface area contributed by atoms with E-state index in [9.17, 15) is 0 Å². The van der Waals surface area contributed by atoms with Crippen LogP contribution in [0.3, 0.4) is 0 Å². The van der Waals surface area contributed by atoms with Gasteiger partial charge >= 0.3 is 0 Å². The molecule has 3 heteroatoms. The van der Waals surface area contributed by atoms with Gasteiger partial charge in [-0.1, -0.05) is 12.2 Å². The van der Waals surface area contributed by atoms with Crippen LogP contribution in [0.5, 0.6) is 0 Å². The third-order valence-electron chi connectivity index (χ3n) is 3.92. The van der Waals surface area contributed by atoms with Crippen LogP contribution in [0.25, 0.3) is 0 Å². The smallest absolute Gasteiger partial charge is 0.0328 e. The van der Waals surface area contributed by atoms with Gasteiger partial charge in [-0.2, -0.15) is 0 Å². The highest BCUT2D eigenvalue weighted by Gasteiger charge is 2.33. The number of rotatable bonds is 6. The van der Waals surface area contributed by atoms with Crippen LogP contribution in [0.2, 0.25) is 0 Å². The number of hydrogen-bond acceptors (Lipinski definition) is 3. The summed E-state index contributed by atoms with van der Waals surface area (Å²) in [6.45, 7) is 10.8. The van der Waals surface area contributed by atoms with Crippen molar-refractivity contribution >= 4 is 0 Å².